The maximum Gasteiger partial charge on any atom is 0.303 e. The van der Waals surface area contributed by atoms with Gasteiger partial charge in [0.25, 0.3) is 0 Å². The molecule has 2 fully saturated rings. The molecule has 0 aromatic heterocycles. The van der Waals surface area contributed by atoms with Crippen LogP contribution in [-0.2, 0) is 82.7 Å². The Labute approximate surface area is 275 Å². The van der Waals surface area contributed by atoms with Gasteiger partial charge in [0.2, 0.25) is 0 Å². The molecular weight excluding hydrogens is 644 g/mol. The first-order chi connectivity index (χ1) is 22.7. The van der Waals surface area contributed by atoms with Crippen LogP contribution in [0.25, 0.3) is 0 Å². The van der Waals surface area contributed by atoms with Crippen molar-refractivity contribution in [2.24, 2.45) is 0 Å². The number of rotatable bonds is 13. The van der Waals surface area contributed by atoms with Gasteiger partial charge in [0.15, 0.2) is 43.1 Å². The highest BCUT2D eigenvalue weighted by Crippen LogP contribution is 2.35. The van der Waals surface area contributed by atoms with Gasteiger partial charge in [0.05, 0.1) is 6.61 Å². The Hall–Kier alpha value is -4.16. The van der Waals surface area contributed by atoms with Crippen LogP contribution >= 0.6 is 0 Å². The smallest absolute Gasteiger partial charge is 0.303 e. The predicted molar refractivity (Wildman–Crippen MR) is 155 cm³/mol. The lowest BCUT2D eigenvalue weighted by Gasteiger charge is -2.48. The fourth-order valence-electron chi connectivity index (χ4n) is 5.11. The first-order valence-electron chi connectivity index (χ1n) is 14.9. The molecule has 1 aromatic carbocycles. The van der Waals surface area contributed by atoms with Crippen LogP contribution in [0.4, 0.5) is 0 Å². The molecule has 1 aromatic rings. The average molecular weight is 685 g/mol. The third-order valence-electron chi connectivity index (χ3n) is 6.89. The summed E-state index contributed by atoms with van der Waals surface area (Å²) in [4.78, 5) is 72.2. The summed E-state index contributed by atoms with van der Waals surface area (Å²) in [5, 5.41) is 11.1. The van der Waals surface area contributed by atoms with E-state index in [-0.39, 0.29) is 6.61 Å². The molecule has 2 aliphatic heterocycles. The highest BCUT2D eigenvalue weighted by molar-refractivity contribution is 5.68. The van der Waals surface area contributed by atoms with Gasteiger partial charge in [0.1, 0.15) is 31.5 Å². The van der Waals surface area contributed by atoms with Gasteiger partial charge in [-0.1, -0.05) is 30.3 Å². The number of carbonyl (C=O) groups excluding carboxylic acids is 6. The molecule has 0 spiro atoms. The normalized spacial score (nSPS) is 29.9. The van der Waals surface area contributed by atoms with Crippen molar-refractivity contribution in [3.05, 3.63) is 35.9 Å². The van der Waals surface area contributed by atoms with Crippen LogP contribution in [0, 0.1) is 0 Å². The van der Waals surface area contributed by atoms with Gasteiger partial charge in [-0.05, 0) is 5.56 Å². The quantitative estimate of drug-likeness (QED) is 0.218. The molecule has 0 amide bonds. The van der Waals surface area contributed by atoms with Gasteiger partial charge < -0.3 is 52.5 Å². The van der Waals surface area contributed by atoms with Crippen LogP contribution < -0.4 is 0 Å². The highest BCUT2D eigenvalue weighted by Gasteiger charge is 2.56. The van der Waals surface area contributed by atoms with Crippen LogP contribution in [0.3, 0.4) is 0 Å². The molecule has 0 bridgehead atoms. The number of benzene rings is 1. The Kier molecular flexibility index (Phi) is 14.2. The maximum atomic E-state index is 12.4. The minimum atomic E-state index is -1.93. The van der Waals surface area contributed by atoms with Crippen LogP contribution in [0.15, 0.2) is 30.3 Å². The summed E-state index contributed by atoms with van der Waals surface area (Å²) >= 11 is 0. The van der Waals surface area contributed by atoms with Gasteiger partial charge in [-0.2, -0.15) is 0 Å². The molecule has 266 valence electrons. The third-order valence-corrected chi connectivity index (χ3v) is 6.89. The lowest BCUT2D eigenvalue weighted by atomic mass is 9.96. The number of aliphatic hydroxyl groups is 1. The fraction of sp³-hybridized carbons (Fsp3) is 0.613. The Morgan fingerprint density at radius 2 is 1.02 bits per heavy atom. The Balaban J connectivity index is 2.08. The average Bonchev–Trinajstić information content (AvgIpc) is 2.98. The van der Waals surface area contributed by atoms with Crippen molar-refractivity contribution in [3.8, 4) is 0 Å². The molecule has 17 nitrogen and oxygen atoms in total. The molecule has 17 heteroatoms. The van der Waals surface area contributed by atoms with E-state index >= 15 is 0 Å². The van der Waals surface area contributed by atoms with Crippen molar-refractivity contribution in [2.75, 3.05) is 13.2 Å². The van der Waals surface area contributed by atoms with E-state index in [1.165, 1.54) is 0 Å². The minimum Gasteiger partial charge on any atom is -0.463 e. The van der Waals surface area contributed by atoms with E-state index < -0.39 is 110 Å². The van der Waals surface area contributed by atoms with E-state index in [1.54, 1.807) is 30.3 Å². The van der Waals surface area contributed by atoms with E-state index in [0.29, 0.717) is 5.56 Å². The lowest BCUT2D eigenvalue weighted by molar-refractivity contribution is -0.367. The van der Waals surface area contributed by atoms with E-state index in [2.05, 4.69) is 0 Å². The van der Waals surface area contributed by atoms with E-state index in [9.17, 15) is 33.9 Å². The molecule has 10 atom stereocenters. The summed E-state index contributed by atoms with van der Waals surface area (Å²) in [6, 6.07) is 8.78. The molecule has 0 saturated carbocycles. The number of hydrogen-bond donors (Lipinski definition) is 1. The summed E-state index contributed by atoms with van der Waals surface area (Å²) in [5.74, 6) is -4.71. The van der Waals surface area contributed by atoms with Crippen LogP contribution in [0.5, 0.6) is 0 Å². The zero-order valence-electron chi connectivity index (χ0n) is 27.3. The van der Waals surface area contributed by atoms with Gasteiger partial charge in [-0.3, -0.25) is 28.8 Å². The summed E-state index contributed by atoms with van der Waals surface area (Å²) in [6.45, 7) is 5.49. The zero-order chi connectivity index (χ0) is 35.5. The van der Waals surface area contributed by atoms with Crippen molar-refractivity contribution < 1.29 is 81.2 Å². The zero-order valence-corrected chi connectivity index (χ0v) is 27.3. The summed E-state index contributed by atoms with van der Waals surface area (Å²) < 4.78 is 56.1. The molecule has 3 rings (SSSR count). The van der Waals surface area contributed by atoms with Crippen molar-refractivity contribution in [1.82, 2.24) is 0 Å². The largest absolute Gasteiger partial charge is 0.463 e. The van der Waals surface area contributed by atoms with E-state index in [4.69, 9.17) is 47.4 Å². The molecule has 48 heavy (non-hydrogen) atoms. The fourth-order valence-corrected chi connectivity index (χ4v) is 5.11. The van der Waals surface area contributed by atoms with Crippen LogP contribution in [0.1, 0.15) is 47.1 Å². The molecular formula is C31H40O17. The molecule has 1 N–H and O–H groups in total. The molecule has 2 saturated heterocycles. The van der Waals surface area contributed by atoms with Crippen molar-refractivity contribution >= 4 is 35.8 Å². The van der Waals surface area contributed by atoms with E-state index in [1.807, 2.05) is 0 Å². The van der Waals surface area contributed by atoms with Crippen LogP contribution in [-0.4, -0.2) is 116 Å². The van der Waals surface area contributed by atoms with Gasteiger partial charge >= 0.3 is 35.8 Å². The first kappa shape index (κ1) is 38.3. The molecule has 2 heterocycles. The summed E-state index contributed by atoms with van der Waals surface area (Å²) in [7, 11) is 0. The second-order valence-corrected chi connectivity index (χ2v) is 10.9. The molecule has 0 radical (unpaired) electrons. The standard InChI is InChI=1S/C31H40O17/c1-15(32)39-13-22-24(42-17(3)34)26(44-19(5)36)28(30(38)46-22)48-31-29(41-12-21-10-8-7-9-11-21)27(45-20(6)37)25(43-18(4)35)23(47-31)14-40-16(2)33/h7-11,22-31,38H,12-14H2,1-6H3/t22-,23-,24-,25-,26+,27+,28-,29-,30+,31-/m1/s1. The number of ether oxygens (including phenoxy) is 10. The van der Waals surface area contributed by atoms with Gasteiger partial charge in [0, 0.05) is 41.5 Å². The van der Waals surface area contributed by atoms with Crippen molar-refractivity contribution in [2.45, 2.75) is 110 Å². The first-order valence-corrected chi connectivity index (χ1v) is 14.9. The Morgan fingerprint density at radius 3 is 1.48 bits per heavy atom. The van der Waals surface area contributed by atoms with Gasteiger partial charge in [-0.15, -0.1) is 0 Å². The van der Waals surface area contributed by atoms with E-state index in [0.717, 1.165) is 41.5 Å². The number of esters is 6. The SMILES string of the molecule is CC(=O)OC[C@H]1O[C@H](O)[C@H](O[C@H]2O[C@H](COC(C)=O)[C@@H](OC(C)=O)[C@H](OC(C)=O)[C@H]2OCc2ccccc2)[C@@H](OC(C)=O)[C@@H]1OC(C)=O. The molecule has 0 aliphatic carbocycles. The number of hydrogen-bond acceptors (Lipinski definition) is 17. The topological polar surface area (TPSA) is 215 Å². The maximum absolute atomic E-state index is 12.4. The Morgan fingerprint density at radius 1 is 0.583 bits per heavy atom. The Bertz CT molecular complexity index is 1280. The predicted octanol–water partition coefficient (Wildman–Crippen LogP) is 0.252. The van der Waals surface area contributed by atoms with Crippen molar-refractivity contribution in [1.29, 1.82) is 0 Å². The summed E-state index contributed by atoms with van der Waals surface area (Å²) in [6.07, 6.45) is -15.2. The minimum absolute atomic E-state index is 0.106. The molecule has 0 unspecified atom stereocenters. The monoisotopic (exact) mass is 684 g/mol. The van der Waals surface area contributed by atoms with Gasteiger partial charge in [-0.25, -0.2) is 0 Å². The van der Waals surface area contributed by atoms with Crippen molar-refractivity contribution in [3.63, 3.8) is 0 Å². The second kappa shape index (κ2) is 17.8. The summed E-state index contributed by atoms with van der Waals surface area (Å²) in [5.41, 5.74) is 0.672. The van der Waals surface area contributed by atoms with Crippen LogP contribution in [0.2, 0.25) is 0 Å². The second-order valence-electron chi connectivity index (χ2n) is 10.9. The highest BCUT2D eigenvalue weighted by atomic mass is 16.8. The third kappa shape index (κ3) is 11.2. The number of carbonyl (C=O) groups is 6. The number of aliphatic hydroxyl groups excluding tert-OH is 1. The lowest BCUT2D eigenvalue weighted by Crippen LogP contribution is -2.66. The molecule has 2 aliphatic rings.